The van der Waals surface area contributed by atoms with Crippen LogP contribution < -0.4 is 15.5 Å². The minimum Gasteiger partial charge on any atom is -0.378 e. The van der Waals surface area contributed by atoms with Crippen molar-refractivity contribution in [3.8, 4) is 0 Å². The highest BCUT2D eigenvalue weighted by atomic mass is 32.1. The van der Waals surface area contributed by atoms with E-state index in [0.29, 0.717) is 5.11 Å². The summed E-state index contributed by atoms with van der Waals surface area (Å²) >= 11 is 5.47. The second-order valence-corrected chi connectivity index (χ2v) is 7.22. The van der Waals surface area contributed by atoms with Crippen molar-refractivity contribution in [2.24, 2.45) is 0 Å². The number of morpholine rings is 1. The molecule has 1 aliphatic rings. The van der Waals surface area contributed by atoms with Crippen molar-refractivity contribution in [3.05, 3.63) is 59.2 Å². The molecule has 0 saturated carbocycles. The third-order valence-corrected chi connectivity index (χ3v) is 5.10. The summed E-state index contributed by atoms with van der Waals surface area (Å²) in [4.78, 5) is 2.36. The van der Waals surface area contributed by atoms with Gasteiger partial charge in [-0.05, 0) is 73.9 Å². The van der Waals surface area contributed by atoms with Crippen LogP contribution in [-0.4, -0.2) is 31.4 Å². The summed E-state index contributed by atoms with van der Waals surface area (Å²) in [5, 5.41) is 7.27. The maximum Gasteiger partial charge on any atom is 0.171 e. The Balaban J connectivity index is 1.57. The Kier molecular flexibility index (Phi) is 6.12. The third-order valence-electron chi connectivity index (χ3n) is 4.88. The lowest BCUT2D eigenvalue weighted by Crippen LogP contribution is -2.36. The van der Waals surface area contributed by atoms with E-state index in [1.165, 1.54) is 22.4 Å². The van der Waals surface area contributed by atoms with Gasteiger partial charge in [0.2, 0.25) is 0 Å². The molecule has 26 heavy (non-hydrogen) atoms. The van der Waals surface area contributed by atoms with E-state index < -0.39 is 0 Å². The number of nitrogens with zero attached hydrogens (tertiary/aromatic N) is 1. The number of benzene rings is 2. The van der Waals surface area contributed by atoms with Gasteiger partial charge in [-0.25, -0.2) is 0 Å². The van der Waals surface area contributed by atoms with Gasteiger partial charge in [0, 0.05) is 24.5 Å². The number of aryl methyl sites for hydroxylation is 2. The Labute approximate surface area is 161 Å². The molecule has 0 spiro atoms. The smallest absolute Gasteiger partial charge is 0.171 e. The average molecular weight is 370 g/mol. The summed E-state index contributed by atoms with van der Waals surface area (Å²) in [7, 11) is 0. The summed E-state index contributed by atoms with van der Waals surface area (Å²) in [6.07, 6.45) is 0. The lowest BCUT2D eigenvalue weighted by Gasteiger charge is -2.29. The monoisotopic (exact) mass is 369 g/mol. The molecule has 2 aromatic carbocycles. The molecule has 0 unspecified atom stereocenters. The molecule has 3 rings (SSSR count). The van der Waals surface area contributed by atoms with Gasteiger partial charge in [-0.3, -0.25) is 0 Å². The Morgan fingerprint density at radius 3 is 2.38 bits per heavy atom. The first kappa shape index (κ1) is 18.7. The molecule has 0 radical (unpaired) electrons. The van der Waals surface area contributed by atoms with Crippen molar-refractivity contribution in [1.29, 1.82) is 0 Å². The molecule has 1 fully saturated rings. The van der Waals surface area contributed by atoms with Gasteiger partial charge in [0.25, 0.3) is 0 Å². The fraction of sp³-hybridized carbons (Fsp3) is 0.381. The van der Waals surface area contributed by atoms with Gasteiger partial charge in [0.15, 0.2) is 5.11 Å². The molecule has 0 amide bonds. The molecule has 1 aliphatic heterocycles. The van der Waals surface area contributed by atoms with Crippen LogP contribution in [0.2, 0.25) is 0 Å². The zero-order valence-electron chi connectivity index (χ0n) is 15.7. The summed E-state index contributed by atoms with van der Waals surface area (Å²) in [5.41, 5.74) is 6.01. The minimum atomic E-state index is 0.139. The Morgan fingerprint density at radius 1 is 1.04 bits per heavy atom. The second-order valence-electron chi connectivity index (χ2n) is 6.81. The largest absolute Gasteiger partial charge is 0.378 e. The summed E-state index contributed by atoms with van der Waals surface area (Å²) in [6.45, 7) is 9.86. The topological polar surface area (TPSA) is 36.5 Å². The SMILES string of the molecule is Cc1ccc(NC(=S)N[C@H](C)c2ccc(N3CCOCC3)cc2)cc1C. The van der Waals surface area contributed by atoms with Crippen LogP contribution in [0.25, 0.3) is 0 Å². The number of hydrogen-bond acceptors (Lipinski definition) is 3. The van der Waals surface area contributed by atoms with Crippen molar-refractivity contribution in [1.82, 2.24) is 5.32 Å². The molecule has 1 heterocycles. The molecule has 0 bridgehead atoms. The average Bonchev–Trinajstić information content (AvgIpc) is 2.65. The van der Waals surface area contributed by atoms with Crippen LogP contribution in [0.4, 0.5) is 11.4 Å². The summed E-state index contributed by atoms with van der Waals surface area (Å²) in [5.74, 6) is 0. The zero-order chi connectivity index (χ0) is 18.5. The van der Waals surface area contributed by atoms with Crippen molar-refractivity contribution in [2.75, 3.05) is 36.5 Å². The fourth-order valence-electron chi connectivity index (χ4n) is 3.06. The number of rotatable bonds is 4. The van der Waals surface area contributed by atoms with Crippen LogP contribution in [0.15, 0.2) is 42.5 Å². The molecular weight excluding hydrogens is 342 g/mol. The van der Waals surface area contributed by atoms with E-state index in [1.54, 1.807) is 0 Å². The molecule has 0 aliphatic carbocycles. The Morgan fingerprint density at radius 2 is 1.73 bits per heavy atom. The maximum absolute atomic E-state index is 5.47. The quantitative estimate of drug-likeness (QED) is 0.791. The molecule has 5 heteroatoms. The number of anilines is 2. The first-order valence-corrected chi connectivity index (χ1v) is 9.51. The van der Waals surface area contributed by atoms with Crippen LogP contribution in [-0.2, 0) is 4.74 Å². The minimum absolute atomic E-state index is 0.139. The van der Waals surface area contributed by atoms with Crippen molar-refractivity contribution >= 4 is 28.7 Å². The van der Waals surface area contributed by atoms with E-state index in [-0.39, 0.29) is 6.04 Å². The predicted molar refractivity (Wildman–Crippen MR) is 113 cm³/mol. The van der Waals surface area contributed by atoms with E-state index in [0.717, 1.165) is 32.0 Å². The van der Waals surface area contributed by atoms with Crippen LogP contribution in [0, 0.1) is 13.8 Å². The molecule has 0 aromatic heterocycles. The lowest BCUT2D eigenvalue weighted by atomic mass is 10.1. The van der Waals surface area contributed by atoms with Crippen molar-refractivity contribution in [2.45, 2.75) is 26.8 Å². The van der Waals surface area contributed by atoms with E-state index in [2.05, 4.69) is 78.8 Å². The predicted octanol–water partition coefficient (Wildman–Crippen LogP) is 4.19. The van der Waals surface area contributed by atoms with Gasteiger partial charge in [-0.1, -0.05) is 18.2 Å². The number of ether oxygens (including phenoxy) is 1. The lowest BCUT2D eigenvalue weighted by molar-refractivity contribution is 0.122. The highest BCUT2D eigenvalue weighted by Gasteiger charge is 2.12. The number of hydrogen-bond donors (Lipinski definition) is 2. The zero-order valence-corrected chi connectivity index (χ0v) is 16.5. The van der Waals surface area contributed by atoms with Crippen molar-refractivity contribution < 1.29 is 4.74 Å². The third kappa shape index (κ3) is 4.74. The van der Waals surface area contributed by atoms with Gasteiger partial charge >= 0.3 is 0 Å². The molecular formula is C21H27N3OS. The van der Waals surface area contributed by atoms with E-state index in [9.17, 15) is 0 Å². The van der Waals surface area contributed by atoms with Crippen LogP contribution in [0.1, 0.15) is 29.7 Å². The van der Waals surface area contributed by atoms with E-state index in [1.807, 2.05) is 0 Å². The number of thiocarbonyl (C=S) groups is 1. The molecule has 2 aromatic rings. The van der Waals surface area contributed by atoms with Crippen LogP contribution >= 0.6 is 12.2 Å². The molecule has 138 valence electrons. The second kappa shape index (κ2) is 8.52. The first-order chi connectivity index (χ1) is 12.5. The standard InChI is InChI=1S/C21H27N3OS/c1-15-4-7-19(14-16(15)2)23-21(26)22-17(3)18-5-8-20(9-6-18)24-10-12-25-13-11-24/h4-9,14,17H,10-13H2,1-3H3,(H2,22,23,26)/t17-/m1/s1. The highest BCUT2D eigenvalue weighted by molar-refractivity contribution is 7.80. The van der Waals surface area contributed by atoms with E-state index >= 15 is 0 Å². The van der Waals surface area contributed by atoms with Gasteiger partial charge in [0.05, 0.1) is 19.3 Å². The Hall–Kier alpha value is -2.11. The van der Waals surface area contributed by atoms with Gasteiger partial charge in [0.1, 0.15) is 0 Å². The van der Waals surface area contributed by atoms with E-state index in [4.69, 9.17) is 17.0 Å². The number of nitrogens with one attached hydrogen (secondary N) is 2. The molecule has 1 saturated heterocycles. The van der Waals surface area contributed by atoms with Crippen LogP contribution in [0.5, 0.6) is 0 Å². The first-order valence-electron chi connectivity index (χ1n) is 9.10. The van der Waals surface area contributed by atoms with Gasteiger partial charge in [-0.2, -0.15) is 0 Å². The molecule has 2 N–H and O–H groups in total. The highest BCUT2D eigenvalue weighted by Crippen LogP contribution is 2.20. The normalized spacial score (nSPS) is 15.4. The van der Waals surface area contributed by atoms with Crippen molar-refractivity contribution in [3.63, 3.8) is 0 Å². The summed E-state index contributed by atoms with van der Waals surface area (Å²) in [6, 6.07) is 15.1. The Bertz CT molecular complexity index is 754. The fourth-order valence-corrected chi connectivity index (χ4v) is 3.36. The van der Waals surface area contributed by atoms with Crippen LogP contribution in [0.3, 0.4) is 0 Å². The summed E-state index contributed by atoms with van der Waals surface area (Å²) < 4.78 is 5.42. The van der Waals surface area contributed by atoms with Gasteiger partial charge < -0.3 is 20.3 Å². The van der Waals surface area contributed by atoms with Gasteiger partial charge in [-0.15, -0.1) is 0 Å². The molecule has 1 atom stereocenters. The molecule has 4 nitrogen and oxygen atoms in total. The maximum atomic E-state index is 5.47.